The van der Waals surface area contributed by atoms with Crippen molar-refractivity contribution < 1.29 is 109 Å². The monoisotopic (exact) mass is 1260 g/mol. The molecule has 0 aliphatic heterocycles. The Kier molecular flexibility index (Phi) is 56.2. The Hall–Kier alpha value is -3.60. The Morgan fingerprint density at radius 2 is 0.831 bits per heavy atom. The minimum absolute atomic E-state index is 0.0156. The first kappa shape index (κ1) is 79.4. The number of carbonyl (C=O) groups is 6. The molecule has 25 heteroatoms. The molecular weight excluding hydrogens is 1160 g/mol. The van der Waals surface area contributed by atoms with Gasteiger partial charge in [-0.15, -0.1) is 0 Å². The number of alkyl carbamates (subject to hydrolysis) is 1. The van der Waals surface area contributed by atoms with Gasteiger partial charge in [-0.1, -0.05) is 94.1 Å². The van der Waals surface area contributed by atoms with E-state index in [1.807, 2.05) is 0 Å². The fourth-order valence-corrected chi connectivity index (χ4v) is 8.04. The highest BCUT2D eigenvalue weighted by atomic mass is 79.9. The van der Waals surface area contributed by atoms with Gasteiger partial charge < -0.3 is 85.8 Å². The molecule has 0 aliphatic rings. The van der Waals surface area contributed by atoms with E-state index in [0.717, 1.165) is 44.8 Å². The van der Waals surface area contributed by atoms with E-state index in [4.69, 9.17) is 80.5 Å². The van der Waals surface area contributed by atoms with Crippen molar-refractivity contribution in [1.29, 1.82) is 0 Å². The number of nitrogens with one attached hydrogen (secondary N) is 1. The molecule has 83 heavy (non-hydrogen) atoms. The third-order valence-electron chi connectivity index (χ3n) is 11.8. The third-order valence-corrected chi connectivity index (χ3v) is 12.6. The molecular formula is C58H104BrNO23. The maximum Gasteiger partial charge on any atom is 0.407 e. The molecule has 0 heterocycles. The summed E-state index contributed by atoms with van der Waals surface area (Å²) in [5.41, 5.74) is -1.24. The number of methoxy groups -OCH3 is 1. The van der Waals surface area contributed by atoms with Gasteiger partial charge in [0, 0.05) is 19.8 Å². The summed E-state index contributed by atoms with van der Waals surface area (Å²) in [7, 11) is 1.47. The second-order valence-electron chi connectivity index (χ2n) is 19.5. The maximum atomic E-state index is 14.0. The number of ether oxygens (including phenoxy) is 17. The molecule has 3 atom stereocenters. The van der Waals surface area contributed by atoms with Crippen LogP contribution in [0, 0.1) is 17.3 Å². The van der Waals surface area contributed by atoms with Crippen molar-refractivity contribution in [2.24, 2.45) is 17.3 Å². The average Bonchev–Trinajstić information content (AvgIpc) is 3.62. The summed E-state index contributed by atoms with van der Waals surface area (Å²) in [6.45, 7) is 17.8. The van der Waals surface area contributed by atoms with E-state index in [9.17, 15) is 28.8 Å². The molecule has 0 spiro atoms. The van der Waals surface area contributed by atoms with Crippen LogP contribution in [-0.2, 0) is 104 Å². The highest BCUT2D eigenvalue weighted by molar-refractivity contribution is 9.10. The summed E-state index contributed by atoms with van der Waals surface area (Å²) in [4.78, 5) is 76.6. The standard InChI is InChI=1S/C58H104BrNO23/c1-7-10-11-12-13-14-15-16-17-18-21-79-53(62)49(46-51(59)55(64)81-43-44-83-57(66)60-19-22-78-52(61)9-3)45-50(47-58(4,5)56(65)82-42-40-77-48-67-6)54(63)80-41-39-76-38-37-75-36-35-74-34-33-73-32-31-72-30-29-71-28-27-70-26-25-69-24-23-68-20-8-2/h9,49-51H,3,7-8,10-48H2,1-2,4-6H3,(H,60,66). The minimum atomic E-state index is -1.24. The van der Waals surface area contributed by atoms with Crippen LogP contribution in [0.25, 0.3) is 0 Å². The number of unbranched alkanes of at least 4 members (excludes halogenated alkanes) is 9. The second kappa shape index (κ2) is 58.8. The Labute approximate surface area is 502 Å². The van der Waals surface area contributed by atoms with Gasteiger partial charge in [-0.2, -0.15) is 0 Å². The van der Waals surface area contributed by atoms with Crippen molar-refractivity contribution in [2.75, 3.05) is 186 Å². The molecule has 0 fully saturated rings. The lowest BCUT2D eigenvalue weighted by atomic mass is 9.78. The second-order valence-corrected chi connectivity index (χ2v) is 20.6. The van der Waals surface area contributed by atoms with Crippen molar-refractivity contribution in [2.45, 2.75) is 122 Å². The molecule has 24 nitrogen and oxygen atoms in total. The van der Waals surface area contributed by atoms with Crippen LogP contribution >= 0.6 is 15.9 Å². The molecule has 0 radical (unpaired) electrons. The molecule has 0 rings (SSSR count). The van der Waals surface area contributed by atoms with Crippen LogP contribution in [0.1, 0.15) is 118 Å². The van der Waals surface area contributed by atoms with Crippen molar-refractivity contribution in [1.82, 2.24) is 5.32 Å². The number of hydrogen-bond donors (Lipinski definition) is 1. The molecule has 0 saturated heterocycles. The lowest BCUT2D eigenvalue weighted by molar-refractivity contribution is -0.161. The summed E-state index contributed by atoms with van der Waals surface area (Å²) < 4.78 is 91.8. The van der Waals surface area contributed by atoms with Gasteiger partial charge in [0.1, 0.15) is 44.7 Å². The van der Waals surface area contributed by atoms with Gasteiger partial charge in [0.15, 0.2) is 0 Å². The van der Waals surface area contributed by atoms with Crippen molar-refractivity contribution in [3.63, 3.8) is 0 Å². The number of rotatable bonds is 62. The Morgan fingerprint density at radius 1 is 0.434 bits per heavy atom. The number of esters is 5. The largest absolute Gasteiger partial charge is 0.465 e. The zero-order valence-electron chi connectivity index (χ0n) is 50.8. The van der Waals surface area contributed by atoms with Crippen LogP contribution < -0.4 is 5.32 Å². The summed E-state index contributed by atoms with van der Waals surface area (Å²) in [5.74, 6) is -5.40. The van der Waals surface area contributed by atoms with Crippen LogP contribution in [0.2, 0.25) is 0 Å². The molecule has 0 aliphatic carbocycles. The Bertz CT molecular complexity index is 1600. The van der Waals surface area contributed by atoms with E-state index < -0.39 is 58.0 Å². The fourth-order valence-electron chi connectivity index (χ4n) is 7.46. The van der Waals surface area contributed by atoms with E-state index in [2.05, 4.69) is 41.7 Å². The molecule has 486 valence electrons. The molecule has 1 N–H and O–H groups in total. The van der Waals surface area contributed by atoms with Crippen LogP contribution in [-0.4, -0.2) is 226 Å². The zero-order valence-corrected chi connectivity index (χ0v) is 52.4. The molecule has 0 aromatic rings. The number of hydrogen-bond acceptors (Lipinski definition) is 23. The van der Waals surface area contributed by atoms with Crippen molar-refractivity contribution >= 4 is 51.9 Å². The predicted octanol–water partition coefficient (Wildman–Crippen LogP) is 6.91. The number of alkyl halides is 1. The highest BCUT2D eigenvalue weighted by Crippen LogP contribution is 2.34. The van der Waals surface area contributed by atoms with E-state index in [0.29, 0.717) is 98.9 Å². The topological polar surface area (TPSA) is 271 Å². The van der Waals surface area contributed by atoms with E-state index >= 15 is 0 Å². The van der Waals surface area contributed by atoms with Crippen LogP contribution in [0.5, 0.6) is 0 Å². The normalized spacial score (nSPS) is 12.5. The van der Waals surface area contributed by atoms with E-state index in [1.54, 1.807) is 13.8 Å². The zero-order chi connectivity index (χ0) is 61.1. The van der Waals surface area contributed by atoms with Gasteiger partial charge in [-0.25, -0.2) is 9.59 Å². The maximum absolute atomic E-state index is 14.0. The van der Waals surface area contributed by atoms with E-state index in [1.165, 1.54) is 39.2 Å². The highest BCUT2D eigenvalue weighted by Gasteiger charge is 2.39. The van der Waals surface area contributed by atoms with Gasteiger partial charge in [0.25, 0.3) is 0 Å². The first-order valence-electron chi connectivity index (χ1n) is 29.6. The molecule has 0 saturated carbocycles. The molecule has 0 aromatic carbocycles. The predicted molar refractivity (Wildman–Crippen MR) is 309 cm³/mol. The first-order chi connectivity index (χ1) is 40.3. The number of carbonyl (C=O) groups excluding carboxylic acids is 6. The summed E-state index contributed by atoms with van der Waals surface area (Å²) in [6, 6.07) is 0. The van der Waals surface area contributed by atoms with E-state index in [-0.39, 0.29) is 98.7 Å². The summed E-state index contributed by atoms with van der Waals surface area (Å²) >= 11 is 3.36. The third kappa shape index (κ3) is 51.4. The van der Waals surface area contributed by atoms with Crippen LogP contribution in [0.3, 0.4) is 0 Å². The minimum Gasteiger partial charge on any atom is -0.465 e. The van der Waals surface area contributed by atoms with Gasteiger partial charge in [0.2, 0.25) is 0 Å². The molecule has 0 bridgehead atoms. The van der Waals surface area contributed by atoms with Crippen molar-refractivity contribution in [3.8, 4) is 0 Å². The Morgan fingerprint density at radius 3 is 1.31 bits per heavy atom. The average molecular weight is 1260 g/mol. The van der Waals surface area contributed by atoms with Crippen LogP contribution in [0.15, 0.2) is 12.7 Å². The smallest absolute Gasteiger partial charge is 0.407 e. The van der Waals surface area contributed by atoms with Crippen LogP contribution in [0.4, 0.5) is 4.79 Å². The summed E-state index contributed by atoms with van der Waals surface area (Å²) in [6.07, 6.45) is 11.7. The summed E-state index contributed by atoms with van der Waals surface area (Å²) in [5, 5.41) is 2.39. The van der Waals surface area contributed by atoms with Gasteiger partial charge >= 0.3 is 35.9 Å². The molecule has 3 unspecified atom stereocenters. The fraction of sp³-hybridized carbons (Fsp3) is 0.862. The lowest BCUT2D eigenvalue weighted by Gasteiger charge is -2.29. The van der Waals surface area contributed by atoms with Crippen molar-refractivity contribution in [3.05, 3.63) is 12.7 Å². The molecule has 1 amide bonds. The first-order valence-corrected chi connectivity index (χ1v) is 30.5. The Balaban J connectivity index is 5.15. The number of amides is 1. The van der Waals surface area contributed by atoms with Gasteiger partial charge in [0.05, 0.1) is 149 Å². The molecule has 0 aromatic heterocycles. The van der Waals surface area contributed by atoms with Gasteiger partial charge in [-0.05, 0) is 46.0 Å². The number of halogens is 1. The lowest BCUT2D eigenvalue weighted by Crippen LogP contribution is -2.36. The quantitative estimate of drug-likeness (QED) is 0.0162. The van der Waals surface area contributed by atoms with Gasteiger partial charge in [-0.3, -0.25) is 19.2 Å². The SMILES string of the molecule is C=CC(=O)OCCNC(=O)OCCOC(=O)C(Br)CC(CC(CC(C)(C)C(=O)OCCOCOC)C(=O)OCCOCCOCCOCCOCCOCCOCCOCCOCCOCCC)C(=O)OCCCCCCCCCCCC.